The minimum Gasteiger partial charge on any atom is -0.486 e. The second-order valence-electron chi connectivity index (χ2n) is 8.30. The van der Waals surface area contributed by atoms with E-state index in [0.29, 0.717) is 31.3 Å². The minimum atomic E-state index is -5.08. The summed E-state index contributed by atoms with van der Waals surface area (Å²) >= 11 is 0. The van der Waals surface area contributed by atoms with Gasteiger partial charge in [-0.05, 0) is 31.4 Å². The molecule has 1 spiro atoms. The van der Waals surface area contributed by atoms with Crippen molar-refractivity contribution in [2.45, 2.75) is 49.5 Å². The number of amides is 1. The molecule has 2 aromatic rings. The number of aromatic nitrogens is 2. The van der Waals surface area contributed by atoms with Crippen LogP contribution in [0, 0.1) is 0 Å². The molecule has 2 aromatic heterocycles. The lowest BCUT2D eigenvalue weighted by Crippen LogP contribution is -2.36. The van der Waals surface area contributed by atoms with Crippen LogP contribution in [0.5, 0.6) is 5.75 Å². The van der Waals surface area contributed by atoms with Crippen LogP contribution in [0.25, 0.3) is 0 Å². The van der Waals surface area contributed by atoms with Crippen molar-refractivity contribution in [3.05, 3.63) is 42.0 Å². The maximum atomic E-state index is 12.7. The summed E-state index contributed by atoms with van der Waals surface area (Å²) in [6.45, 7) is 1.78. The Bertz CT molecular complexity index is 995. The lowest BCUT2D eigenvalue weighted by atomic mass is 9.98. The van der Waals surface area contributed by atoms with Crippen LogP contribution in [-0.4, -0.2) is 69.6 Å². The molecule has 1 N–H and O–H groups in total. The average Bonchev–Trinajstić information content (AvgIpc) is 3.19. The number of aliphatic carboxylic acids is 1. The van der Waals surface area contributed by atoms with Crippen molar-refractivity contribution in [2.75, 3.05) is 19.7 Å². The Balaban J connectivity index is 0.000000325. The van der Waals surface area contributed by atoms with Crippen molar-refractivity contribution in [1.29, 1.82) is 0 Å². The fourth-order valence-corrected chi connectivity index (χ4v) is 3.90. The molecule has 0 aromatic carbocycles. The summed E-state index contributed by atoms with van der Waals surface area (Å²) < 4.78 is 49.1. The molecule has 0 radical (unpaired) electrons. The van der Waals surface area contributed by atoms with Crippen LogP contribution in [0.2, 0.25) is 0 Å². The number of likely N-dealkylation sites (tertiary alicyclic amines) is 1. The second kappa shape index (κ2) is 9.00. The first kappa shape index (κ1) is 23.0. The van der Waals surface area contributed by atoms with E-state index in [4.69, 9.17) is 23.9 Å². The molecule has 3 fully saturated rings. The zero-order valence-corrected chi connectivity index (χ0v) is 17.5. The number of carbonyl (C=O) groups excluding carboxylic acids is 1. The molecular weight excluding hydrogens is 447 g/mol. The first-order valence-corrected chi connectivity index (χ1v) is 10.4. The number of rotatable bonds is 4. The molecular formula is C21H22F3N3O6. The van der Waals surface area contributed by atoms with Gasteiger partial charge in [-0.25, -0.2) is 4.79 Å². The molecule has 178 valence electrons. The number of ether oxygens (including phenoxy) is 2. The van der Waals surface area contributed by atoms with E-state index in [1.807, 2.05) is 17.0 Å². The number of carboxylic acids is 1. The molecule has 2 atom stereocenters. The number of hydrogen-bond donors (Lipinski definition) is 1. The quantitative estimate of drug-likeness (QED) is 0.727. The molecule has 9 nitrogen and oxygen atoms in total. The van der Waals surface area contributed by atoms with E-state index < -0.39 is 12.1 Å². The third-order valence-electron chi connectivity index (χ3n) is 5.69. The summed E-state index contributed by atoms with van der Waals surface area (Å²) in [7, 11) is 0. The zero-order chi connectivity index (χ0) is 23.6. The Morgan fingerprint density at radius 1 is 1.30 bits per heavy atom. The predicted octanol–water partition coefficient (Wildman–Crippen LogP) is 3.03. The van der Waals surface area contributed by atoms with Crippen molar-refractivity contribution < 1.29 is 41.9 Å². The van der Waals surface area contributed by atoms with Gasteiger partial charge in [-0.3, -0.25) is 9.78 Å². The fourth-order valence-electron chi connectivity index (χ4n) is 3.90. The number of nitrogens with zero attached hydrogens (tertiary/aromatic N) is 3. The Morgan fingerprint density at radius 2 is 2.06 bits per heavy atom. The monoisotopic (exact) mass is 469 g/mol. The first-order chi connectivity index (χ1) is 15.7. The molecule has 12 heteroatoms. The SMILES string of the molecule is O=C(O)C(F)(F)F.O=C(c1cc(C2CC2)on1)N1CC[C@]2(C[C@@H](Oc3cccnc3)CO2)C1. The van der Waals surface area contributed by atoms with Gasteiger partial charge in [0.1, 0.15) is 17.6 Å². The summed E-state index contributed by atoms with van der Waals surface area (Å²) in [4.78, 5) is 27.5. The molecule has 2 saturated heterocycles. The number of alkyl halides is 3. The van der Waals surface area contributed by atoms with Gasteiger partial charge in [-0.1, -0.05) is 5.16 Å². The van der Waals surface area contributed by atoms with Gasteiger partial charge in [0.15, 0.2) is 5.69 Å². The summed E-state index contributed by atoms with van der Waals surface area (Å²) in [5.74, 6) is -0.786. The van der Waals surface area contributed by atoms with E-state index in [0.717, 1.165) is 37.2 Å². The third-order valence-corrected chi connectivity index (χ3v) is 5.69. The van der Waals surface area contributed by atoms with Gasteiger partial charge in [0.2, 0.25) is 0 Å². The standard InChI is InChI=1S/C19H21N3O4.C2HF3O2/c23-18(16-8-17(26-21-16)13-3-4-13)22-7-5-19(12-22)9-15(11-24-19)25-14-2-1-6-20-10-14;3-2(4,5)1(6)7/h1-2,6,8,10,13,15H,3-5,7,9,11-12H2;(H,6,7)/t15-,19+;/m1./s1. The second-order valence-corrected chi connectivity index (χ2v) is 8.30. The number of halogens is 3. The highest BCUT2D eigenvalue weighted by atomic mass is 19.4. The third kappa shape index (κ3) is 5.62. The smallest absolute Gasteiger partial charge is 0.486 e. The van der Waals surface area contributed by atoms with Gasteiger partial charge in [0, 0.05) is 31.1 Å². The highest BCUT2D eigenvalue weighted by Crippen LogP contribution is 2.41. The molecule has 0 bridgehead atoms. The average molecular weight is 469 g/mol. The van der Waals surface area contributed by atoms with Crippen molar-refractivity contribution in [1.82, 2.24) is 15.0 Å². The van der Waals surface area contributed by atoms with Gasteiger partial charge in [-0.2, -0.15) is 13.2 Å². The van der Waals surface area contributed by atoms with Crippen molar-refractivity contribution in [2.24, 2.45) is 0 Å². The topological polar surface area (TPSA) is 115 Å². The van der Waals surface area contributed by atoms with Gasteiger partial charge in [0.05, 0.1) is 24.9 Å². The Morgan fingerprint density at radius 3 is 2.70 bits per heavy atom. The summed E-state index contributed by atoms with van der Waals surface area (Å²) in [5, 5.41) is 11.1. The van der Waals surface area contributed by atoms with Gasteiger partial charge in [-0.15, -0.1) is 0 Å². The van der Waals surface area contributed by atoms with Crippen molar-refractivity contribution >= 4 is 11.9 Å². The van der Waals surface area contributed by atoms with E-state index in [1.165, 1.54) is 0 Å². The maximum absolute atomic E-state index is 12.7. The lowest BCUT2D eigenvalue weighted by molar-refractivity contribution is -0.192. The fraction of sp³-hybridized carbons (Fsp3) is 0.524. The van der Waals surface area contributed by atoms with Crippen LogP contribution >= 0.6 is 0 Å². The van der Waals surface area contributed by atoms with Gasteiger partial charge < -0.3 is 24.0 Å². The van der Waals surface area contributed by atoms with Crippen LogP contribution in [0.15, 0.2) is 35.1 Å². The molecule has 1 saturated carbocycles. The molecule has 1 aliphatic carbocycles. The van der Waals surface area contributed by atoms with E-state index in [9.17, 15) is 18.0 Å². The molecule has 3 aliphatic rings. The number of carbonyl (C=O) groups is 2. The summed E-state index contributed by atoms with van der Waals surface area (Å²) in [5.41, 5.74) is 0.0936. The van der Waals surface area contributed by atoms with E-state index in [-0.39, 0.29) is 17.6 Å². The Kier molecular flexibility index (Phi) is 6.28. The Labute approximate surface area is 186 Å². The van der Waals surface area contributed by atoms with Crippen LogP contribution in [0.1, 0.15) is 47.8 Å². The molecule has 2 aliphatic heterocycles. The summed E-state index contributed by atoms with van der Waals surface area (Å²) in [6, 6.07) is 5.55. The summed E-state index contributed by atoms with van der Waals surface area (Å²) in [6.07, 6.45) is 2.18. The van der Waals surface area contributed by atoms with E-state index >= 15 is 0 Å². The maximum Gasteiger partial charge on any atom is 0.490 e. The highest BCUT2D eigenvalue weighted by molar-refractivity contribution is 5.92. The predicted molar refractivity (Wildman–Crippen MR) is 105 cm³/mol. The lowest BCUT2D eigenvalue weighted by Gasteiger charge is -2.22. The largest absolute Gasteiger partial charge is 0.490 e. The van der Waals surface area contributed by atoms with Crippen LogP contribution in [-0.2, 0) is 9.53 Å². The number of carboxylic acid groups (broad SMARTS) is 1. The van der Waals surface area contributed by atoms with Crippen LogP contribution in [0.3, 0.4) is 0 Å². The number of hydrogen-bond acceptors (Lipinski definition) is 7. The number of pyridine rings is 1. The molecule has 1 amide bonds. The Hall–Kier alpha value is -3.15. The molecule has 5 rings (SSSR count). The highest BCUT2D eigenvalue weighted by Gasteiger charge is 2.48. The van der Waals surface area contributed by atoms with Crippen molar-refractivity contribution in [3.63, 3.8) is 0 Å². The van der Waals surface area contributed by atoms with E-state index in [1.54, 1.807) is 18.5 Å². The molecule has 33 heavy (non-hydrogen) atoms. The van der Waals surface area contributed by atoms with E-state index in [2.05, 4.69) is 10.1 Å². The van der Waals surface area contributed by atoms with Crippen LogP contribution < -0.4 is 4.74 Å². The minimum absolute atomic E-state index is 0.0113. The van der Waals surface area contributed by atoms with Crippen molar-refractivity contribution in [3.8, 4) is 5.75 Å². The molecule has 0 unspecified atom stereocenters. The van der Waals surface area contributed by atoms with Gasteiger partial charge >= 0.3 is 12.1 Å². The zero-order valence-electron chi connectivity index (χ0n) is 17.5. The normalized spacial score (nSPS) is 24.5. The first-order valence-electron chi connectivity index (χ1n) is 10.4. The van der Waals surface area contributed by atoms with Gasteiger partial charge in [0.25, 0.3) is 5.91 Å². The molecule has 4 heterocycles. The van der Waals surface area contributed by atoms with Crippen LogP contribution in [0.4, 0.5) is 13.2 Å².